The second kappa shape index (κ2) is 9.14. The van der Waals surface area contributed by atoms with Crippen molar-refractivity contribution in [1.29, 1.82) is 0 Å². The van der Waals surface area contributed by atoms with Crippen molar-refractivity contribution in [3.05, 3.63) is 59.1 Å². The summed E-state index contributed by atoms with van der Waals surface area (Å²) in [5, 5.41) is 0.0888. The quantitative estimate of drug-likeness (QED) is 0.539. The van der Waals surface area contributed by atoms with Gasteiger partial charge in [-0.3, -0.25) is 4.79 Å². The predicted molar refractivity (Wildman–Crippen MR) is 116 cm³/mol. The van der Waals surface area contributed by atoms with Gasteiger partial charge in [0.2, 0.25) is 6.41 Å². The van der Waals surface area contributed by atoms with E-state index in [-0.39, 0.29) is 5.03 Å². The van der Waals surface area contributed by atoms with Crippen molar-refractivity contribution in [3.8, 4) is 0 Å². The van der Waals surface area contributed by atoms with E-state index in [9.17, 15) is 13.2 Å². The van der Waals surface area contributed by atoms with Crippen molar-refractivity contribution in [2.75, 3.05) is 26.2 Å². The average molecular weight is 431 g/mol. The summed E-state index contributed by atoms with van der Waals surface area (Å²) in [6.45, 7) is 8.04. The lowest BCUT2D eigenvalue weighted by atomic mass is 10.0. The van der Waals surface area contributed by atoms with E-state index in [2.05, 4.69) is 49.2 Å². The summed E-state index contributed by atoms with van der Waals surface area (Å²) in [5.74, 6) is 1.43. The minimum absolute atomic E-state index is 0.0888. The van der Waals surface area contributed by atoms with Crippen molar-refractivity contribution in [1.82, 2.24) is 18.8 Å². The van der Waals surface area contributed by atoms with Crippen molar-refractivity contribution in [3.63, 3.8) is 0 Å². The molecule has 4 rings (SSSR count). The Morgan fingerprint density at radius 2 is 1.67 bits per heavy atom. The van der Waals surface area contributed by atoms with Crippen LogP contribution in [0.3, 0.4) is 0 Å². The molecule has 7 nitrogen and oxygen atoms in total. The van der Waals surface area contributed by atoms with Gasteiger partial charge in [-0.1, -0.05) is 44.2 Å². The van der Waals surface area contributed by atoms with Crippen LogP contribution in [0.4, 0.5) is 0 Å². The fourth-order valence-electron chi connectivity index (χ4n) is 3.69. The number of imidazole rings is 1. The fraction of sp³-hybridized carbons (Fsp3) is 0.455. The van der Waals surface area contributed by atoms with Gasteiger partial charge in [-0.15, -0.1) is 0 Å². The first-order valence-electron chi connectivity index (χ1n) is 10.1. The summed E-state index contributed by atoms with van der Waals surface area (Å²) in [7, 11) is -1.78. The molecule has 0 saturated heterocycles. The summed E-state index contributed by atoms with van der Waals surface area (Å²) in [5.41, 5.74) is 3.51. The molecule has 1 aromatic carbocycles. The van der Waals surface area contributed by atoms with Crippen LogP contribution in [0.2, 0.25) is 0 Å². The zero-order valence-corrected chi connectivity index (χ0v) is 18.9. The molecule has 1 aromatic heterocycles. The topological polar surface area (TPSA) is 75.5 Å². The number of carbonyl (C=O) groups excluding carboxylic acids is 1. The Hall–Kier alpha value is -2.45. The number of benzene rings is 1. The summed E-state index contributed by atoms with van der Waals surface area (Å²) < 4.78 is 28.2. The molecule has 0 saturated carbocycles. The lowest BCUT2D eigenvalue weighted by Crippen LogP contribution is -2.33. The van der Waals surface area contributed by atoms with E-state index in [1.165, 1.54) is 22.5 Å². The van der Waals surface area contributed by atoms with E-state index in [0.29, 0.717) is 32.0 Å². The number of amides is 1. The number of carbonyl (C=O) groups is 1. The van der Waals surface area contributed by atoms with Crippen LogP contribution in [0.5, 0.6) is 0 Å². The smallest absolute Gasteiger partial charge is 0.262 e. The van der Waals surface area contributed by atoms with Crippen LogP contribution in [0.1, 0.15) is 25.2 Å². The number of nitrogens with zero attached hydrogens (tertiary/aromatic N) is 4. The monoisotopic (exact) mass is 430 g/mol. The Balaban J connectivity index is 0.000000216. The van der Waals surface area contributed by atoms with E-state index in [0.717, 1.165) is 23.5 Å². The molecule has 0 bridgehead atoms. The van der Waals surface area contributed by atoms with Gasteiger partial charge in [-0.25, -0.2) is 13.4 Å². The normalized spacial score (nSPS) is 16.6. The van der Waals surface area contributed by atoms with Crippen LogP contribution in [0.25, 0.3) is 0 Å². The maximum absolute atomic E-state index is 12.5. The highest BCUT2D eigenvalue weighted by Crippen LogP contribution is 2.28. The van der Waals surface area contributed by atoms with E-state index >= 15 is 0 Å². The Morgan fingerprint density at radius 3 is 2.13 bits per heavy atom. The van der Waals surface area contributed by atoms with Gasteiger partial charge in [0.25, 0.3) is 10.0 Å². The number of sulfonamides is 1. The van der Waals surface area contributed by atoms with Crippen molar-refractivity contribution in [2.45, 2.75) is 32.2 Å². The molecule has 0 atom stereocenters. The lowest BCUT2D eigenvalue weighted by molar-refractivity contribution is -0.117. The molecule has 0 radical (unpaired) electrons. The molecule has 0 spiro atoms. The van der Waals surface area contributed by atoms with Crippen LogP contribution in [-0.2, 0) is 28.3 Å². The molecule has 30 heavy (non-hydrogen) atoms. The van der Waals surface area contributed by atoms with E-state index in [4.69, 9.17) is 0 Å². The van der Waals surface area contributed by atoms with E-state index < -0.39 is 10.0 Å². The van der Waals surface area contributed by atoms with E-state index in [1.807, 2.05) is 0 Å². The molecular weight excluding hydrogens is 400 g/mol. The molecule has 2 aromatic rings. The molecule has 162 valence electrons. The standard InChI is InChI=1S/C12H16N4O3S.C10H14/c1-9-13-12(7-14(9)2)20(18,19)16-5-10-3-15(8-17)4-11(10)6-16;1-9(2)8-10-6-4-3-5-7-10/h7-8H,3-6H2,1-2H3;3-7,9H,8H2,1-2H3. The third-order valence-corrected chi connectivity index (χ3v) is 7.01. The zero-order chi connectivity index (χ0) is 21.9. The van der Waals surface area contributed by atoms with Crippen LogP contribution in [0, 0.1) is 12.8 Å². The van der Waals surface area contributed by atoms with E-state index in [1.54, 1.807) is 23.4 Å². The molecule has 1 amide bonds. The first kappa shape index (κ1) is 22.2. The van der Waals surface area contributed by atoms with Crippen molar-refractivity contribution < 1.29 is 13.2 Å². The summed E-state index contributed by atoms with van der Waals surface area (Å²) >= 11 is 0. The SMILES string of the molecule is CC(C)Cc1ccccc1.Cc1nc(S(=O)(=O)N2CC3=C(CN(C=O)C3)C2)cn1C. The third kappa shape index (κ3) is 4.99. The Kier molecular flexibility index (Phi) is 6.77. The zero-order valence-electron chi connectivity index (χ0n) is 18.1. The van der Waals surface area contributed by atoms with Crippen molar-refractivity contribution in [2.24, 2.45) is 13.0 Å². The first-order chi connectivity index (χ1) is 14.2. The molecule has 2 aliphatic heterocycles. The number of aryl methyl sites for hydroxylation is 2. The van der Waals surface area contributed by atoms with Crippen LogP contribution < -0.4 is 0 Å². The van der Waals surface area contributed by atoms with Crippen LogP contribution in [-0.4, -0.2) is 59.8 Å². The van der Waals surface area contributed by atoms with Gasteiger partial charge in [0.15, 0.2) is 5.03 Å². The maximum atomic E-state index is 12.5. The highest BCUT2D eigenvalue weighted by atomic mass is 32.2. The van der Waals surface area contributed by atoms with Gasteiger partial charge in [0.05, 0.1) is 0 Å². The average Bonchev–Trinajstić information content (AvgIpc) is 3.36. The summed E-state index contributed by atoms with van der Waals surface area (Å²) in [6, 6.07) is 10.6. The Morgan fingerprint density at radius 1 is 1.07 bits per heavy atom. The van der Waals surface area contributed by atoms with Crippen LogP contribution >= 0.6 is 0 Å². The molecule has 0 unspecified atom stereocenters. The Labute approximate surface area is 179 Å². The third-order valence-electron chi connectivity index (χ3n) is 5.35. The van der Waals surface area contributed by atoms with Gasteiger partial charge >= 0.3 is 0 Å². The molecule has 2 aliphatic rings. The second-order valence-electron chi connectivity index (χ2n) is 8.31. The molecule has 3 heterocycles. The van der Waals surface area contributed by atoms with Gasteiger partial charge in [-0.2, -0.15) is 4.31 Å². The molecule has 0 fully saturated rings. The second-order valence-corrected chi connectivity index (χ2v) is 10.2. The Bertz CT molecular complexity index is 988. The fourth-order valence-corrected chi connectivity index (χ4v) is 5.14. The first-order valence-corrected chi connectivity index (χ1v) is 11.6. The van der Waals surface area contributed by atoms with Gasteiger partial charge in [0.1, 0.15) is 5.82 Å². The summed E-state index contributed by atoms with van der Waals surface area (Å²) in [4.78, 5) is 16.5. The minimum Gasteiger partial charge on any atom is -0.337 e. The highest BCUT2D eigenvalue weighted by Gasteiger charge is 2.37. The number of rotatable bonds is 5. The number of aromatic nitrogens is 2. The predicted octanol–water partition coefficient (Wildman–Crippen LogP) is 2.39. The van der Waals surface area contributed by atoms with Gasteiger partial charge < -0.3 is 9.47 Å². The molecule has 8 heteroatoms. The number of hydrogen-bond acceptors (Lipinski definition) is 4. The molecule has 0 aliphatic carbocycles. The van der Waals surface area contributed by atoms with Gasteiger partial charge in [0, 0.05) is 39.4 Å². The lowest BCUT2D eigenvalue weighted by Gasteiger charge is -2.19. The minimum atomic E-state index is -3.55. The van der Waals surface area contributed by atoms with Crippen molar-refractivity contribution >= 4 is 16.4 Å². The summed E-state index contributed by atoms with van der Waals surface area (Å²) in [6.07, 6.45) is 3.53. The number of hydrogen-bond donors (Lipinski definition) is 0. The van der Waals surface area contributed by atoms with Crippen LogP contribution in [0.15, 0.2) is 52.7 Å². The van der Waals surface area contributed by atoms with Gasteiger partial charge in [-0.05, 0) is 36.0 Å². The maximum Gasteiger partial charge on any atom is 0.262 e. The highest BCUT2D eigenvalue weighted by molar-refractivity contribution is 7.89. The molecular formula is C22H30N4O3S. The largest absolute Gasteiger partial charge is 0.337 e. The molecule has 0 N–H and O–H groups in total.